The molecule has 3 heterocycles. The molecule has 26 heavy (non-hydrogen) atoms. The fourth-order valence-corrected chi connectivity index (χ4v) is 4.62. The number of esters is 1. The van der Waals surface area contributed by atoms with Crippen molar-refractivity contribution in [1.82, 2.24) is 9.88 Å². The van der Waals surface area contributed by atoms with Crippen LogP contribution in [-0.4, -0.2) is 54.7 Å². The highest BCUT2D eigenvalue weighted by Gasteiger charge is 2.50. The molecule has 6 nitrogen and oxygen atoms in total. The maximum absolute atomic E-state index is 12.2. The Morgan fingerprint density at radius 2 is 2.00 bits per heavy atom. The molecule has 1 aromatic heterocycles. The molecule has 0 unspecified atom stereocenters. The molecule has 0 aromatic carbocycles. The Hall–Kier alpha value is -2.13. The fourth-order valence-electron chi connectivity index (χ4n) is 4.62. The van der Waals surface area contributed by atoms with Gasteiger partial charge in [0.15, 0.2) is 0 Å². The van der Waals surface area contributed by atoms with Gasteiger partial charge < -0.3 is 9.64 Å². The molecule has 1 aromatic rings. The number of aromatic nitrogens is 1. The third kappa shape index (κ3) is 3.41. The van der Waals surface area contributed by atoms with Gasteiger partial charge in [-0.05, 0) is 31.4 Å². The predicted octanol–water partition coefficient (Wildman–Crippen LogP) is 2.34. The molecule has 1 atom stereocenters. The van der Waals surface area contributed by atoms with Crippen molar-refractivity contribution in [2.24, 2.45) is 5.41 Å². The number of rotatable bonds is 4. The van der Waals surface area contributed by atoms with Gasteiger partial charge in [-0.15, -0.1) is 0 Å². The lowest BCUT2D eigenvalue weighted by molar-refractivity contribution is -0.148. The summed E-state index contributed by atoms with van der Waals surface area (Å²) in [6, 6.07) is 5.85. The molecular formula is C20H26N4O2. The molecule has 0 bridgehead atoms. The number of carbonyl (C=O) groups is 1. The summed E-state index contributed by atoms with van der Waals surface area (Å²) in [5, 5.41) is 8.86. The smallest absolute Gasteiger partial charge is 0.312 e. The number of hydrogen-bond donors (Lipinski definition) is 0. The third-order valence-corrected chi connectivity index (χ3v) is 6.23. The molecule has 2 saturated heterocycles. The second-order valence-corrected chi connectivity index (χ2v) is 7.85. The Kier molecular flexibility index (Phi) is 4.82. The van der Waals surface area contributed by atoms with Crippen molar-refractivity contribution in [3.63, 3.8) is 0 Å². The topological polar surface area (TPSA) is 69.5 Å². The molecule has 3 fully saturated rings. The van der Waals surface area contributed by atoms with E-state index in [1.807, 2.05) is 12.1 Å². The van der Waals surface area contributed by atoms with Gasteiger partial charge in [-0.25, -0.2) is 4.98 Å². The molecule has 0 amide bonds. The van der Waals surface area contributed by atoms with E-state index in [1.165, 1.54) is 12.8 Å². The molecule has 1 saturated carbocycles. The average molecular weight is 354 g/mol. The molecular weight excluding hydrogens is 328 g/mol. The Bertz CT molecular complexity index is 683. The van der Waals surface area contributed by atoms with Crippen LogP contribution in [-0.2, 0) is 9.53 Å². The number of ether oxygens (including phenoxy) is 1. The van der Waals surface area contributed by atoms with Crippen molar-refractivity contribution < 1.29 is 9.53 Å². The van der Waals surface area contributed by atoms with Gasteiger partial charge in [0, 0.05) is 45.3 Å². The summed E-state index contributed by atoms with van der Waals surface area (Å²) in [7, 11) is 0. The van der Waals surface area contributed by atoms with Gasteiger partial charge in [-0.3, -0.25) is 9.69 Å². The zero-order chi connectivity index (χ0) is 18.0. The number of carbonyl (C=O) groups excluding carboxylic acids is 1. The minimum absolute atomic E-state index is 0.0664. The Morgan fingerprint density at radius 1 is 1.23 bits per heavy atom. The predicted molar refractivity (Wildman–Crippen MR) is 97.6 cm³/mol. The average Bonchev–Trinajstić information content (AvgIpc) is 3.28. The Morgan fingerprint density at radius 3 is 2.65 bits per heavy atom. The summed E-state index contributed by atoms with van der Waals surface area (Å²) in [6.45, 7) is 4.85. The van der Waals surface area contributed by atoms with E-state index in [0.717, 1.165) is 64.2 Å². The highest BCUT2D eigenvalue weighted by molar-refractivity contribution is 5.79. The minimum Gasteiger partial charge on any atom is -0.462 e. The van der Waals surface area contributed by atoms with E-state index in [4.69, 9.17) is 10.00 Å². The molecule has 1 spiro atoms. The molecule has 0 radical (unpaired) electrons. The molecule has 2 aliphatic heterocycles. The summed E-state index contributed by atoms with van der Waals surface area (Å²) in [5.74, 6) is 1.01. The molecule has 6 heteroatoms. The van der Waals surface area contributed by atoms with E-state index in [0.29, 0.717) is 5.56 Å². The summed E-state index contributed by atoms with van der Waals surface area (Å²) in [4.78, 5) is 21.3. The van der Waals surface area contributed by atoms with Crippen LogP contribution in [0.4, 0.5) is 5.82 Å². The van der Waals surface area contributed by atoms with Crippen LogP contribution in [0.1, 0.15) is 44.1 Å². The van der Waals surface area contributed by atoms with Crippen LogP contribution >= 0.6 is 0 Å². The number of pyridine rings is 1. The van der Waals surface area contributed by atoms with E-state index in [9.17, 15) is 4.79 Å². The number of anilines is 1. The zero-order valence-electron chi connectivity index (χ0n) is 15.2. The standard InChI is InChI=1S/C20H26N4O2/c21-14-16-3-4-18(22-15-16)24-11-9-23(10-12-24)8-5-17-13-20(19(25)26-17)6-1-2-7-20/h3-4,15,17H,1-2,5-13H2/t17-/m1/s1. The van der Waals surface area contributed by atoms with Gasteiger partial charge in [0.1, 0.15) is 18.0 Å². The van der Waals surface area contributed by atoms with Gasteiger partial charge in [-0.1, -0.05) is 12.8 Å². The number of cyclic esters (lactones) is 1. The van der Waals surface area contributed by atoms with Crippen LogP contribution in [0.15, 0.2) is 18.3 Å². The summed E-state index contributed by atoms with van der Waals surface area (Å²) >= 11 is 0. The van der Waals surface area contributed by atoms with Crippen molar-refractivity contribution in [1.29, 1.82) is 5.26 Å². The van der Waals surface area contributed by atoms with Crippen molar-refractivity contribution in [2.45, 2.75) is 44.6 Å². The van der Waals surface area contributed by atoms with Gasteiger partial charge >= 0.3 is 5.97 Å². The van der Waals surface area contributed by atoms with Crippen LogP contribution < -0.4 is 4.90 Å². The molecule has 3 aliphatic rings. The van der Waals surface area contributed by atoms with E-state index in [-0.39, 0.29) is 17.5 Å². The van der Waals surface area contributed by atoms with E-state index in [2.05, 4.69) is 20.9 Å². The molecule has 0 N–H and O–H groups in total. The van der Waals surface area contributed by atoms with Gasteiger partial charge in [0.05, 0.1) is 11.0 Å². The third-order valence-electron chi connectivity index (χ3n) is 6.23. The lowest BCUT2D eigenvalue weighted by atomic mass is 9.83. The Balaban J connectivity index is 1.23. The van der Waals surface area contributed by atoms with Crippen molar-refractivity contribution in [2.75, 3.05) is 37.6 Å². The van der Waals surface area contributed by atoms with E-state index >= 15 is 0 Å². The van der Waals surface area contributed by atoms with E-state index < -0.39 is 0 Å². The number of nitrogens with zero attached hydrogens (tertiary/aromatic N) is 4. The fraction of sp³-hybridized carbons (Fsp3) is 0.650. The first-order valence-electron chi connectivity index (χ1n) is 9.73. The Labute approximate surface area is 154 Å². The molecule has 4 rings (SSSR count). The van der Waals surface area contributed by atoms with Crippen LogP contribution in [0.3, 0.4) is 0 Å². The summed E-state index contributed by atoms with van der Waals surface area (Å²) in [6.07, 6.45) is 8.02. The quantitative estimate of drug-likeness (QED) is 0.773. The van der Waals surface area contributed by atoms with Crippen molar-refractivity contribution >= 4 is 11.8 Å². The van der Waals surface area contributed by atoms with Gasteiger partial charge in [-0.2, -0.15) is 5.26 Å². The monoisotopic (exact) mass is 354 g/mol. The second-order valence-electron chi connectivity index (χ2n) is 7.85. The second kappa shape index (κ2) is 7.24. The maximum atomic E-state index is 12.2. The number of nitriles is 1. The van der Waals surface area contributed by atoms with Crippen LogP contribution in [0, 0.1) is 16.7 Å². The molecule has 138 valence electrons. The molecule has 1 aliphatic carbocycles. The first-order valence-corrected chi connectivity index (χ1v) is 9.73. The maximum Gasteiger partial charge on any atom is 0.312 e. The van der Waals surface area contributed by atoms with Crippen LogP contribution in [0.25, 0.3) is 0 Å². The lowest BCUT2D eigenvalue weighted by Crippen LogP contribution is -2.47. The minimum atomic E-state index is -0.134. The van der Waals surface area contributed by atoms with Crippen molar-refractivity contribution in [3.8, 4) is 6.07 Å². The van der Waals surface area contributed by atoms with E-state index in [1.54, 1.807) is 6.20 Å². The first kappa shape index (κ1) is 17.3. The summed E-state index contributed by atoms with van der Waals surface area (Å²) in [5.41, 5.74) is 0.462. The van der Waals surface area contributed by atoms with Crippen molar-refractivity contribution in [3.05, 3.63) is 23.9 Å². The number of piperazine rings is 1. The zero-order valence-corrected chi connectivity index (χ0v) is 15.2. The SMILES string of the molecule is N#Cc1ccc(N2CCN(CC[C@@H]3CC4(CCCC4)C(=O)O3)CC2)nc1. The summed E-state index contributed by atoms with van der Waals surface area (Å²) < 4.78 is 5.69. The number of hydrogen-bond acceptors (Lipinski definition) is 6. The normalized spacial score (nSPS) is 25.4. The first-order chi connectivity index (χ1) is 12.7. The lowest BCUT2D eigenvalue weighted by Gasteiger charge is -2.35. The van der Waals surface area contributed by atoms with Gasteiger partial charge in [0.2, 0.25) is 0 Å². The highest BCUT2D eigenvalue weighted by atomic mass is 16.6. The largest absolute Gasteiger partial charge is 0.462 e. The van der Waals surface area contributed by atoms with Crippen LogP contribution in [0.5, 0.6) is 0 Å². The van der Waals surface area contributed by atoms with Crippen LogP contribution in [0.2, 0.25) is 0 Å². The van der Waals surface area contributed by atoms with Gasteiger partial charge in [0.25, 0.3) is 0 Å². The highest BCUT2D eigenvalue weighted by Crippen LogP contribution is 2.48.